The van der Waals surface area contributed by atoms with Crippen molar-refractivity contribution in [2.45, 2.75) is 33.6 Å². The summed E-state index contributed by atoms with van der Waals surface area (Å²) in [6.45, 7) is 7.19. The highest BCUT2D eigenvalue weighted by molar-refractivity contribution is 5.67. The predicted molar refractivity (Wildman–Crippen MR) is 75.9 cm³/mol. The van der Waals surface area contributed by atoms with Gasteiger partial charge in [0.25, 0.3) is 0 Å². The Labute approximate surface area is 119 Å². The number of benzene rings is 1. The van der Waals surface area contributed by atoms with Gasteiger partial charge in [-0.05, 0) is 44.9 Å². The van der Waals surface area contributed by atoms with Crippen molar-refractivity contribution in [1.82, 2.24) is 0 Å². The molecule has 0 unspecified atom stereocenters. The zero-order valence-corrected chi connectivity index (χ0v) is 12.3. The Hall–Kier alpha value is -1.91. The van der Waals surface area contributed by atoms with Gasteiger partial charge < -0.3 is 19.3 Å². The molecular formula is C15H22O5. The number of aryl methyl sites for hydroxylation is 1. The number of rotatable bonds is 9. The molecule has 5 heteroatoms. The van der Waals surface area contributed by atoms with Gasteiger partial charge in [0.15, 0.2) is 11.5 Å². The monoisotopic (exact) mass is 282 g/mol. The van der Waals surface area contributed by atoms with Crippen LogP contribution in [-0.4, -0.2) is 30.9 Å². The van der Waals surface area contributed by atoms with Crippen LogP contribution in [0.5, 0.6) is 17.2 Å². The summed E-state index contributed by atoms with van der Waals surface area (Å²) >= 11 is 0. The Balaban J connectivity index is 3.11. The highest BCUT2D eigenvalue weighted by Crippen LogP contribution is 2.39. The molecule has 1 rings (SSSR count). The molecule has 0 aliphatic carbocycles. The van der Waals surface area contributed by atoms with Crippen LogP contribution >= 0.6 is 0 Å². The first-order chi connectivity index (χ1) is 9.62. The number of ether oxygens (including phenoxy) is 3. The number of carbonyl (C=O) groups is 1. The van der Waals surface area contributed by atoms with E-state index >= 15 is 0 Å². The summed E-state index contributed by atoms with van der Waals surface area (Å²) in [7, 11) is 0. The number of hydrogen-bond acceptors (Lipinski definition) is 4. The minimum Gasteiger partial charge on any atom is -0.490 e. The van der Waals surface area contributed by atoms with Crippen molar-refractivity contribution in [2.75, 3.05) is 19.8 Å². The topological polar surface area (TPSA) is 65.0 Å². The molecule has 0 atom stereocenters. The molecule has 112 valence electrons. The third-order valence-electron chi connectivity index (χ3n) is 2.60. The molecule has 0 spiro atoms. The smallest absolute Gasteiger partial charge is 0.303 e. The lowest BCUT2D eigenvalue weighted by molar-refractivity contribution is -0.136. The van der Waals surface area contributed by atoms with E-state index in [1.54, 1.807) is 0 Å². The molecule has 0 radical (unpaired) electrons. The summed E-state index contributed by atoms with van der Waals surface area (Å²) in [4.78, 5) is 10.7. The fourth-order valence-electron chi connectivity index (χ4n) is 1.84. The van der Waals surface area contributed by atoms with Crippen molar-refractivity contribution in [1.29, 1.82) is 0 Å². The quantitative estimate of drug-likeness (QED) is 0.754. The molecule has 5 nitrogen and oxygen atoms in total. The molecule has 1 aromatic rings. The number of hydrogen-bond donors (Lipinski definition) is 1. The van der Waals surface area contributed by atoms with Crippen LogP contribution in [0.3, 0.4) is 0 Å². The van der Waals surface area contributed by atoms with E-state index in [0.717, 1.165) is 5.56 Å². The van der Waals surface area contributed by atoms with Gasteiger partial charge in [-0.1, -0.05) is 0 Å². The average Bonchev–Trinajstić information content (AvgIpc) is 2.40. The van der Waals surface area contributed by atoms with Crippen LogP contribution in [0, 0.1) is 0 Å². The zero-order chi connectivity index (χ0) is 15.0. The molecule has 0 aliphatic heterocycles. The molecule has 0 aromatic heterocycles. The molecule has 0 bridgehead atoms. The van der Waals surface area contributed by atoms with E-state index in [1.165, 1.54) is 0 Å². The maximum atomic E-state index is 10.7. The highest BCUT2D eigenvalue weighted by Gasteiger charge is 2.15. The van der Waals surface area contributed by atoms with Crippen molar-refractivity contribution >= 4 is 5.97 Å². The lowest BCUT2D eigenvalue weighted by Crippen LogP contribution is -2.04. The molecule has 20 heavy (non-hydrogen) atoms. The normalized spacial score (nSPS) is 10.2. The summed E-state index contributed by atoms with van der Waals surface area (Å²) < 4.78 is 16.7. The third-order valence-corrected chi connectivity index (χ3v) is 2.60. The van der Waals surface area contributed by atoms with Gasteiger partial charge in [-0.2, -0.15) is 0 Å². The fourth-order valence-corrected chi connectivity index (χ4v) is 1.84. The molecule has 0 saturated carbocycles. The molecule has 0 fully saturated rings. The fraction of sp³-hybridized carbons (Fsp3) is 0.533. The molecule has 0 aliphatic rings. The van der Waals surface area contributed by atoms with E-state index < -0.39 is 5.97 Å². The van der Waals surface area contributed by atoms with Gasteiger partial charge >= 0.3 is 5.97 Å². The van der Waals surface area contributed by atoms with Crippen molar-refractivity contribution in [2.24, 2.45) is 0 Å². The Bertz CT molecular complexity index is 415. The van der Waals surface area contributed by atoms with Crippen LogP contribution in [0.1, 0.15) is 32.8 Å². The minimum atomic E-state index is -0.824. The van der Waals surface area contributed by atoms with E-state index in [-0.39, 0.29) is 6.42 Å². The molecule has 1 aromatic carbocycles. The first kappa shape index (κ1) is 16.1. The van der Waals surface area contributed by atoms with E-state index in [2.05, 4.69) is 0 Å². The summed E-state index contributed by atoms with van der Waals surface area (Å²) in [6, 6.07) is 3.64. The van der Waals surface area contributed by atoms with E-state index in [1.807, 2.05) is 32.9 Å². The van der Waals surface area contributed by atoms with Crippen LogP contribution in [0.25, 0.3) is 0 Å². The van der Waals surface area contributed by atoms with Crippen LogP contribution in [0.15, 0.2) is 12.1 Å². The standard InChI is InChI=1S/C15H22O5/c1-4-18-12-9-11(7-8-14(16)17)10-13(19-5-2)15(12)20-6-3/h9-10H,4-8H2,1-3H3,(H,16,17). The zero-order valence-electron chi connectivity index (χ0n) is 12.3. The molecule has 0 amide bonds. The second-order valence-corrected chi connectivity index (χ2v) is 4.11. The largest absolute Gasteiger partial charge is 0.490 e. The molecule has 1 N–H and O–H groups in total. The van der Waals surface area contributed by atoms with Crippen molar-refractivity contribution < 1.29 is 24.1 Å². The minimum absolute atomic E-state index is 0.0745. The summed E-state index contributed by atoms with van der Waals surface area (Å²) in [5, 5.41) is 8.77. The average molecular weight is 282 g/mol. The second kappa shape index (κ2) is 8.30. The van der Waals surface area contributed by atoms with Crippen molar-refractivity contribution in [3.05, 3.63) is 17.7 Å². The maximum absolute atomic E-state index is 10.7. The van der Waals surface area contributed by atoms with Gasteiger partial charge in [0.05, 0.1) is 19.8 Å². The maximum Gasteiger partial charge on any atom is 0.303 e. The Morgan fingerprint density at radius 2 is 1.50 bits per heavy atom. The highest BCUT2D eigenvalue weighted by atomic mass is 16.5. The predicted octanol–water partition coefficient (Wildman–Crippen LogP) is 2.90. The summed E-state index contributed by atoms with van der Waals surface area (Å²) in [5.74, 6) is 0.950. The van der Waals surface area contributed by atoms with Gasteiger partial charge in [-0.3, -0.25) is 4.79 Å². The van der Waals surface area contributed by atoms with E-state index in [4.69, 9.17) is 19.3 Å². The Kier molecular flexibility index (Phi) is 6.70. The Morgan fingerprint density at radius 3 is 1.90 bits per heavy atom. The van der Waals surface area contributed by atoms with Gasteiger partial charge in [-0.15, -0.1) is 0 Å². The number of carboxylic acids is 1. The van der Waals surface area contributed by atoms with Crippen molar-refractivity contribution in [3.63, 3.8) is 0 Å². The lowest BCUT2D eigenvalue weighted by atomic mass is 10.1. The van der Waals surface area contributed by atoms with Gasteiger partial charge in [0.2, 0.25) is 5.75 Å². The van der Waals surface area contributed by atoms with Crippen molar-refractivity contribution in [3.8, 4) is 17.2 Å². The van der Waals surface area contributed by atoms with Gasteiger partial charge in [-0.25, -0.2) is 0 Å². The second-order valence-electron chi connectivity index (χ2n) is 4.11. The molecule has 0 saturated heterocycles. The van der Waals surface area contributed by atoms with Gasteiger partial charge in [0.1, 0.15) is 0 Å². The van der Waals surface area contributed by atoms with Crippen LogP contribution in [0.2, 0.25) is 0 Å². The summed E-state index contributed by atoms with van der Waals surface area (Å²) in [6.07, 6.45) is 0.507. The van der Waals surface area contributed by atoms with E-state index in [0.29, 0.717) is 43.5 Å². The molecular weight excluding hydrogens is 260 g/mol. The van der Waals surface area contributed by atoms with Crippen LogP contribution < -0.4 is 14.2 Å². The number of aliphatic carboxylic acids is 1. The Morgan fingerprint density at radius 1 is 1.00 bits per heavy atom. The van der Waals surface area contributed by atoms with Crippen LogP contribution in [-0.2, 0) is 11.2 Å². The molecule has 0 heterocycles. The first-order valence-electron chi connectivity index (χ1n) is 6.89. The first-order valence-corrected chi connectivity index (χ1v) is 6.89. The van der Waals surface area contributed by atoms with Crippen LogP contribution in [0.4, 0.5) is 0 Å². The van der Waals surface area contributed by atoms with E-state index in [9.17, 15) is 4.79 Å². The van der Waals surface area contributed by atoms with Gasteiger partial charge in [0, 0.05) is 6.42 Å². The SMILES string of the molecule is CCOc1cc(CCC(=O)O)cc(OCC)c1OCC. The third kappa shape index (κ3) is 4.64. The lowest BCUT2D eigenvalue weighted by Gasteiger charge is -2.17. The summed E-state index contributed by atoms with van der Waals surface area (Å²) in [5.41, 5.74) is 0.864. The number of carboxylic acid groups (broad SMARTS) is 1.